The summed E-state index contributed by atoms with van der Waals surface area (Å²) in [5.74, 6) is -0.0125. The Labute approximate surface area is 149 Å². The van der Waals surface area contributed by atoms with Crippen LogP contribution in [0.25, 0.3) is 22.2 Å². The fourth-order valence-corrected chi connectivity index (χ4v) is 3.56. The number of carbonyl (C=O) groups excluding carboxylic acids is 1. The first-order valence-corrected chi connectivity index (χ1v) is 9.02. The van der Waals surface area contributed by atoms with E-state index in [0.29, 0.717) is 13.1 Å². The zero-order chi connectivity index (χ0) is 17.1. The molecule has 3 heterocycles. The van der Waals surface area contributed by atoms with Crippen LogP contribution < -0.4 is 5.32 Å². The van der Waals surface area contributed by atoms with Crippen molar-refractivity contribution >= 4 is 28.1 Å². The number of fused-ring (bicyclic) bond motifs is 1. The molecule has 5 heteroatoms. The van der Waals surface area contributed by atoms with Gasteiger partial charge in [-0.05, 0) is 40.6 Å². The van der Waals surface area contributed by atoms with Crippen molar-refractivity contribution in [3.63, 3.8) is 0 Å². The first-order chi connectivity index (χ1) is 12.3. The Bertz CT molecular complexity index is 1000. The van der Waals surface area contributed by atoms with Crippen LogP contribution in [0.1, 0.15) is 5.56 Å². The van der Waals surface area contributed by atoms with Gasteiger partial charge in [0.05, 0.1) is 5.69 Å². The standard InChI is InChI=1S/C20H17N3OS/c24-19(13-23-10-7-15-4-1-2-6-18(15)23)22-12-16-5-3-9-21-20(16)17-8-11-25-14-17/h1-11,14H,12-13H2,(H,22,24). The lowest BCUT2D eigenvalue weighted by molar-refractivity contribution is -0.121. The van der Waals surface area contributed by atoms with Crippen molar-refractivity contribution < 1.29 is 4.79 Å². The van der Waals surface area contributed by atoms with E-state index in [1.807, 2.05) is 64.7 Å². The molecular weight excluding hydrogens is 330 g/mol. The molecule has 1 aromatic carbocycles. The van der Waals surface area contributed by atoms with Gasteiger partial charge in [-0.3, -0.25) is 9.78 Å². The maximum Gasteiger partial charge on any atom is 0.240 e. The average molecular weight is 347 g/mol. The molecule has 0 saturated carbocycles. The minimum atomic E-state index is -0.0125. The molecule has 0 atom stereocenters. The lowest BCUT2D eigenvalue weighted by Crippen LogP contribution is -2.27. The number of nitrogens with zero attached hydrogens (tertiary/aromatic N) is 2. The summed E-state index contributed by atoms with van der Waals surface area (Å²) in [6.45, 7) is 0.776. The summed E-state index contributed by atoms with van der Waals surface area (Å²) in [7, 11) is 0. The molecule has 0 aliphatic rings. The molecular formula is C20H17N3OS. The predicted molar refractivity (Wildman–Crippen MR) is 101 cm³/mol. The van der Waals surface area contributed by atoms with Crippen LogP contribution in [-0.2, 0) is 17.9 Å². The largest absolute Gasteiger partial charge is 0.350 e. The normalized spacial score (nSPS) is 10.9. The van der Waals surface area contributed by atoms with Gasteiger partial charge in [-0.25, -0.2) is 0 Å². The molecule has 0 aliphatic carbocycles. The predicted octanol–water partition coefficient (Wildman–Crippen LogP) is 4.08. The molecule has 1 N–H and O–H groups in total. The Kier molecular flexibility index (Phi) is 4.31. The number of thiophene rings is 1. The summed E-state index contributed by atoms with van der Waals surface area (Å²) in [5.41, 5.74) is 4.10. The SMILES string of the molecule is O=C(Cn1ccc2ccccc21)NCc1cccnc1-c1ccsc1. The molecule has 4 nitrogen and oxygen atoms in total. The molecule has 0 bridgehead atoms. The van der Waals surface area contributed by atoms with E-state index in [1.165, 1.54) is 0 Å². The van der Waals surface area contributed by atoms with Crippen LogP contribution in [0.5, 0.6) is 0 Å². The van der Waals surface area contributed by atoms with Crippen LogP contribution >= 0.6 is 11.3 Å². The fourth-order valence-electron chi connectivity index (χ4n) is 2.92. The summed E-state index contributed by atoms with van der Waals surface area (Å²) in [4.78, 5) is 16.8. The molecule has 4 aromatic rings. The molecule has 0 spiro atoms. The van der Waals surface area contributed by atoms with E-state index >= 15 is 0 Å². The lowest BCUT2D eigenvalue weighted by atomic mass is 10.1. The van der Waals surface area contributed by atoms with Gasteiger partial charge in [0, 0.05) is 35.4 Å². The van der Waals surface area contributed by atoms with Gasteiger partial charge in [-0.1, -0.05) is 24.3 Å². The molecule has 25 heavy (non-hydrogen) atoms. The summed E-state index contributed by atoms with van der Waals surface area (Å²) in [6, 6.07) is 16.0. The highest BCUT2D eigenvalue weighted by Crippen LogP contribution is 2.23. The highest BCUT2D eigenvalue weighted by atomic mass is 32.1. The van der Waals surface area contributed by atoms with Gasteiger partial charge in [0.25, 0.3) is 0 Å². The van der Waals surface area contributed by atoms with Gasteiger partial charge in [-0.15, -0.1) is 0 Å². The van der Waals surface area contributed by atoms with Gasteiger partial charge in [-0.2, -0.15) is 11.3 Å². The first-order valence-electron chi connectivity index (χ1n) is 8.08. The summed E-state index contributed by atoms with van der Waals surface area (Å²) >= 11 is 1.64. The minimum absolute atomic E-state index is 0.0125. The topological polar surface area (TPSA) is 46.9 Å². The van der Waals surface area contributed by atoms with Crippen molar-refractivity contribution in [3.05, 3.63) is 77.2 Å². The Morgan fingerprint density at radius 2 is 2.04 bits per heavy atom. The number of aromatic nitrogens is 2. The second-order valence-corrected chi connectivity index (χ2v) is 6.58. The highest BCUT2D eigenvalue weighted by molar-refractivity contribution is 7.08. The lowest BCUT2D eigenvalue weighted by Gasteiger charge is -2.10. The Morgan fingerprint density at radius 3 is 2.92 bits per heavy atom. The second-order valence-electron chi connectivity index (χ2n) is 5.80. The number of para-hydroxylation sites is 1. The zero-order valence-electron chi connectivity index (χ0n) is 13.6. The molecule has 0 saturated heterocycles. The number of carbonyl (C=O) groups is 1. The van der Waals surface area contributed by atoms with E-state index in [-0.39, 0.29) is 5.91 Å². The van der Waals surface area contributed by atoms with Crippen molar-refractivity contribution in [2.75, 3.05) is 0 Å². The van der Waals surface area contributed by atoms with Crippen molar-refractivity contribution in [3.8, 4) is 11.3 Å². The maximum atomic E-state index is 12.4. The van der Waals surface area contributed by atoms with Gasteiger partial charge in [0.1, 0.15) is 6.54 Å². The van der Waals surface area contributed by atoms with Crippen LogP contribution in [0.4, 0.5) is 0 Å². The molecule has 0 aliphatic heterocycles. The van der Waals surface area contributed by atoms with Gasteiger partial charge in [0.2, 0.25) is 5.91 Å². The van der Waals surface area contributed by atoms with Crippen molar-refractivity contribution in [2.24, 2.45) is 0 Å². The van der Waals surface area contributed by atoms with Crippen molar-refractivity contribution in [1.82, 2.24) is 14.9 Å². The summed E-state index contributed by atoms with van der Waals surface area (Å²) in [5, 5.41) is 8.25. The van der Waals surface area contributed by atoms with Crippen LogP contribution in [0.3, 0.4) is 0 Å². The number of benzene rings is 1. The van der Waals surface area contributed by atoms with E-state index in [0.717, 1.165) is 27.7 Å². The molecule has 0 fully saturated rings. The van der Waals surface area contributed by atoms with Gasteiger partial charge < -0.3 is 9.88 Å². The number of hydrogen-bond donors (Lipinski definition) is 1. The fraction of sp³-hybridized carbons (Fsp3) is 0.100. The van der Waals surface area contributed by atoms with E-state index < -0.39 is 0 Å². The number of hydrogen-bond acceptors (Lipinski definition) is 3. The van der Waals surface area contributed by atoms with E-state index in [1.54, 1.807) is 17.5 Å². The zero-order valence-corrected chi connectivity index (χ0v) is 14.4. The van der Waals surface area contributed by atoms with Crippen molar-refractivity contribution in [2.45, 2.75) is 13.1 Å². The van der Waals surface area contributed by atoms with Crippen LogP contribution in [0, 0.1) is 0 Å². The maximum absolute atomic E-state index is 12.4. The average Bonchev–Trinajstić information content (AvgIpc) is 3.31. The van der Waals surface area contributed by atoms with Crippen LogP contribution in [0.2, 0.25) is 0 Å². The quantitative estimate of drug-likeness (QED) is 0.591. The summed E-state index contributed by atoms with van der Waals surface area (Å²) < 4.78 is 1.97. The third-order valence-electron chi connectivity index (χ3n) is 4.16. The Morgan fingerprint density at radius 1 is 1.12 bits per heavy atom. The number of amides is 1. The third-order valence-corrected chi connectivity index (χ3v) is 4.84. The van der Waals surface area contributed by atoms with Crippen LogP contribution in [0.15, 0.2) is 71.7 Å². The number of rotatable bonds is 5. The first kappa shape index (κ1) is 15.6. The van der Waals surface area contributed by atoms with Gasteiger partial charge >= 0.3 is 0 Å². The number of nitrogens with one attached hydrogen (secondary N) is 1. The van der Waals surface area contributed by atoms with Crippen molar-refractivity contribution in [1.29, 1.82) is 0 Å². The molecule has 124 valence electrons. The number of pyridine rings is 1. The molecule has 4 rings (SSSR count). The Balaban J connectivity index is 1.46. The molecule has 0 radical (unpaired) electrons. The highest BCUT2D eigenvalue weighted by Gasteiger charge is 2.09. The van der Waals surface area contributed by atoms with E-state index in [2.05, 4.69) is 15.7 Å². The Hall–Kier alpha value is -2.92. The smallest absolute Gasteiger partial charge is 0.240 e. The monoisotopic (exact) mass is 347 g/mol. The molecule has 1 amide bonds. The van der Waals surface area contributed by atoms with E-state index in [9.17, 15) is 4.79 Å². The van der Waals surface area contributed by atoms with E-state index in [4.69, 9.17) is 0 Å². The second kappa shape index (κ2) is 6.91. The summed E-state index contributed by atoms with van der Waals surface area (Å²) in [6.07, 6.45) is 3.73. The van der Waals surface area contributed by atoms with Crippen LogP contribution in [-0.4, -0.2) is 15.5 Å². The molecule has 0 unspecified atom stereocenters. The third kappa shape index (κ3) is 3.32. The van der Waals surface area contributed by atoms with Gasteiger partial charge in [0.15, 0.2) is 0 Å². The molecule has 3 aromatic heterocycles. The minimum Gasteiger partial charge on any atom is -0.350 e.